The molecule has 2 unspecified atom stereocenters. The van der Waals surface area contributed by atoms with Crippen LogP contribution in [0.3, 0.4) is 0 Å². The Morgan fingerprint density at radius 2 is 1.31 bits per heavy atom. The molecule has 71 heavy (non-hydrogen) atoms. The fourth-order valence-electron chi connectivity index (χ4n) is 10.6. The van der Waals surface area contributed by atoms with Gasteiger partial charge in [0.1, 0.15) is 6.73 Å². The highest BCUT2D eigenvalue weighted by atomic mass is 35.7. The third-order valence-corrected chi connectivity index (χ3v) is 18.8. The first-order valence-electron chi connectivity index (χ1n) is 25.1. The molecule has 19 nitrogen and oxygen atoms in total. The van der Waals surface area contributed by atoms with Gasteiger partial charge in [0.05, 0.1) is 11.8 Å². The van der Waals surface area contributed by atoms with E-state index in [1.165, 1.54) is 58.4 Å². The van der Waals surface area contributed by atoms with E-state index in [2.05, 4.69) is 73.0 Å². The molecular formula is C48H71ClN12O7S2Si. The van der Waals surface area contributed by atoms with Crippen molar-refractivity contribution in [3.63, 3.8) is 0 Å². The largest absolute Gasteiger partial charge is 0.359 e. The normalized spacial score (nSPS) is 19.3. The van der Waals surface area contributed by atoms with Crippen LogP contribution in [0, 0.1) is 11.8 Å². The zero-order valence-electron chi connectivity index (χ0n) is 42.3. The maximum Gasteiger partial charge on any atom is 0.298 e. The van der Waals surface area contributed by atoms with Crippen LogP contribution in [0.15, 0.2) is 22.4 Å². The van der Waals surface area contributed by atoms with E-state index in [0.29, 0.717) is 25.5 Å². The number of nitrogens with one attached hydrogen (secondary N) is 4. The van der Waals surface area contributed by atoms with E-state index in [4.69, 9.17) is 15.4 Å². The molecule has 0 bridgehead atoms. The molecule has 4 aliphatic carbocycles. The lowest BCUT2D eigenvalue weighted by molar-refractivity contribution is -0.133. The van der Waals surface area contributed by atoms with Gasteiger partial charge >= 0.3 is 0 Å². The van der Waals surface area contributed by atoms with Crippen molar-refractivity contribution in [2.24, 2.45) is 11.8 Å². The number of carbonyl (C=O) groups excluding carboxylic acids is 2. The maximum absolute atomic E-state index is 13.1. The lowest BCUT2D eigenvalue weighted by atomic mass is 9.99. The first-order valence-corrected chi connectivity index (χ1v) is 32.5. The minimum atomic E-state index is -4.03. The average Bonchev–Trinajstić information content (AvgIpc) is 4.17. The molecule has 0 radical (unpaired) electrons. The van der Waals surface area contributed by atoms with Crippen LogP contribution in [0.5, 0.6) is 0 Å². The van der Waals surface area contributed by atoms with Crippen molar-refractivity contribution in [3.8, 4) is 0 Å². The highest BCUT2D eigenvalue weighted by molar-refractivity contribution is 8.13. The summed E-state index contributed by atoms with van der Waals surface area (Å²) in [5, 5.41) is 20.2. The van der Waals surface area contributed by atoms with Crippen molar-refractivity contribution in [3.05, 3.63) is 56.6 Å². The first kappa shape index (κ1) is 52.9. The van der Waals surface area contributed by atoms with Gasteiger partial charge in [-0.1, -0.05) is 31.8 Å². The van der Waals surface area contributed by atoms with Gasteiger partial charge in [-0.3, -0.25) is 9.59 Å². The number of anilines is 4. The number of nitrogens with zero attached hydrogens (tertiary/aromatic N) is 8. The molecule has 4 aromatic rings. The molecule has 2 aromatic heterocycles. The van der Waals surface area contributed by atoms with Crippen molar-refractivity contribution in [1.82, 2.24) is 49.4 Å². The molecule has 2 aliphatic heterocycles. The van der Waals surface area contributed by atoms with Crippen LogP contribution in [0.2, 0.25) is 25.7 Å². The van der Waals surface area contributed by atoms with Gasteiger partial charge in [-0.2, -0.15) is 14.3 Å². The Kier molecular flexibility index (Phi) is 16.3. The molecule has 0 spiro atoms. The molecule has 2 amide bonds. The van der Waals surface area contributed by atoms with Crippen molar-refractivity contribution in [1.29, 1.82) is 0 Å². The van der Waals surface area contributed by atoms with Gasteiger partial charge in [0, 0.05) is 84.6 Å². The Hall–Kier alpha value is -4.45. The molecule has 23 heteroatoms. The van der Waals surface area contributed by atoms with E-state index in [1.54, 1.807) is 33.1 Å². The number of rotatable bonds is 14. The first-order chi connectivity index (χ1) is 33.7. The number of halogens is 1. The molecule has 2 saturated heterocycles. The topological polar surface area (TPSA) is 230 Å². The maximum atomic E-state index is 13.1. The number of H-pyrrole nitrogens is 1. The fraction of sp³-hybridized carbons (Fsp3) is 0.625. The summed E-state index contributed by atoms with van der Waals surface area (Å²) >= 11 is 0. The molecule has 2 aromatic carbocycles. The van der Waals surface area contributed by atoms with Crippen molar-refractivity contribution < 1.29 is 31.2 Å². The summed E-state index contributed by atoms with van der Waals surface area (Å²) in [5.74, 6) is 0.744. The van der Waals surface area contributed by atoms with Gasteiger partial charge in [0.2, 0.25) is 23.7 Å². The Bertz CT molecular complexity index is 2780. The van der Waals surface area contributed by atoms with Crippen LogP contribution in [0.4, 0.5) is 23.3 Å². The van der Waals surface area contributed by atoms with Gasteiger partial charge in [-0.25, -0.2) is 26.6 Å². The lowest BCUT2D eigenvalue weighted by Crippen LogP contribution is -2.34. The Morgan fingerprint density at radius 1 is 0.775 bits per heavy atom. The molecule has 4 N–H and O–H groups in total. The van der Waals surface area contributed by atoms with Gasteiger partial charge in [0.15, 0.2) is 0 Å². The zero-order valence-corrected chi connectivity index (χ0v) is 45.7. The quantitative estimate of drug-likeness (QED) is 0.0690. The number of carbonyl (C=O) groups is 2. The highest BCUT2D eigenvalue weighted by Gasteiger charge is 2.38. The van der Waals surface area contributed by atoms with Gasteiger partial charge in [0.25, 0.3) is 29.4 Å². The summed E-state index contributed by atoms with van der Waals surface area (Å²) in [6, 6.07) is 5.72. The van der Waals surface area contributed by atoms with E-state index < -0.39 is 32.3 Å². The van der Waals surface area contributed by atoms with Gasteiger partial charge < -0.3 is 30.5 Å². The van der Waals surface area contributed by atoms with Gasteiger partial charge in [-0.15, -0.1) is 10.2 Å². The van der Waals surface area contributed by atoms with Crippen LogP contribution in [-0.2, 0) is 91.5 Å². The molecule has 0 saturated carbocycles. The van der Waals surface area contributed by atoms with Crippen LogP contribution >= 0.6 is 10.7 Å². The molecule has 4 heterocycles. The highest BCUT2D eigenvalue weighted by Crippen LogP contribution is 2.41. The Balaban J connectivity index is 0.000000160. The summed E-state index contributed by atoms with van der Waals surface area (Å²) in [7, 11) is 3.42. The summed E-state index contributed by atoms with van der Waals surface area (Å²) in [6.45, 7) is 9.91. The summed E-state index contributed by atoms with van der Waals surface area (Å²) in [6.07, 6.45) is 14.5. The van der Waals surface area contributed by atoms with E-state index >= 15 is 0 Å². The minimum Gasteiger partial charge on any atom is -0.359 e. The standard InChI is InChI=1S/C21H28N6O3S.C20H29ClN4O3SSi.C7H14N2O/c1-26(2)19(28)15-9-10-27(12-15)31(29,30)21-23-20(24-25-21)22-18-16-7-3-5-13(16)11-14-6-4-8-17(14)18;1-30(2,3)11-10-28-13-25-19(23-20(24-25)29(21,26)27)22-18-16-8-4-6-14(16)12-15-7-5-9-17(15)18;1-9(2)7(10)6-3-4-8-5-6/h11,15H,3-10,12H2,1-2H3,(H2,22,23,24,25);12H,4-11,13H2,1-3H3,(H,22,23,24);6,8H,3-5H2,1-2H3. The number of fused-ring (bicyclic) bond motifs is 4. The summed E-state index contributed by atoms with van der Waals surface area (Å²) in [4.78, 5) is 35.1. The van der Waals surface area contributed by atoms with Crippen molar-refractivity contribution in [2.45, 2.75) is 133 Å². The monoisotopic (exact) mass is 1050 g/mol. The third kappa shape index (κ3) is 12.3. The number of sulfonamides is 1. The SMILES string of the molecule is CN(C)C(=O)C1CCN(S(=O)(=O)c2nc(Nc3c4c(cc5c3CCC5)CCC4)n[nH]2)C1.CN(C)C(=O)C1CCNC1.C[Si](C)(C)CCOCn1nc(S(=O)(=O)Cl)nc1Nc1c2c(cc3c1CCC3)CCC2. The van der Waals surface area contributed by atoms with Crippen molar-refractivity contribution >= 4 is 72.9 Å². The number of aromatic nitrogens is 6. The second-order valence-corrected chi connectivity index (χ2v) is 31.1. The zero-order chi connectivity index (χ0) is 50.8. The van der Waals surface area contributed by atoms with E-state index in [1.807, 2.05) is 0 Å². The van der Waals surface area contributed by atoms with Crippen LogP contribution in [0.25, 0.3) is 0 Å². The predicted molar refractivity (Wildman–Crippen MR) is 276 cm³/mol. The molecule has 2 atom stereocenters. The minimum absolute atomic E-state index is 0.0515. The molecular weight excluding hydrogens is 984 g/mol. The second kappa shape index (κ2) is 21.9. The predicted octanol–water partition coefficient (Wildman–Crippen LogP) is 5.55. The Labute approximate surface area is 424 Å². The number of hydrogen-bond acceptors (Lipinski definition) is 14. The average molecular weight is 1060 g/mol. The lowest BCUT2D eigenvalue weighted by Gasteiger charge is -2.18. The molecule has 6 aliphatic rings. The number of ether oxygens (including phenoxy) is 1. The fourth-order valence-corrected chi connectivity index (χ4v) is 13.3. The second-order valence-electron chi connectivity index (χ2n) is 21.2. The van der Waals surface area contributed by atoms with Crippen molar-refractivity contribution in [2.75, 3.05) is 71.6 Å². The molecule has 10 rings (SSSR count). The van der Waals surface area contributed by atoms with E-state index in [-0.39, 0.29) is 48.0 Å². The summed E-state index contributed by atoms with van der Waals surface area (Å²) in [5.41, 5.74) is 13.0. The van der Waals surface area contributed by atoms with Crippen LogP contribution in [-0.4, -0.2) is 142 Å². The number of hydrogen-bond donors (Lipinski definition) is 4. The number of aryl methyl sites for hydroxylation is 4. The van der Waals surface area contributed by atoms with E-state index in [0.717, 1.165) is 114 Å². The van der Waals surface area contributed by atoms with Crippen LogP contribution < -0.4 is 16.0 Å². The number of benzene rings is 2. The molecule has 2 fully saturated rings. The van der Waals surface area contributed by atoms with E-state index in [9.17, 15) is 26.4 Å². The van der Waals surface area contributed by atoms with Crippen LogP contribution in [0.1, 0.15) is 83.0 Å². The van der Waals surface area contributed by atoms with Gasteiger partial charge in [-0.05, 0) is 147 Å². The summed E-state index contributed by atoms with van der Waals surface area (Å²) < 4.78 is 58.4. The number of aromatic amines is 1. The smallest absolute Gasteiger partial charge is 0.298 e. The Morgan fingerprint density at radius 3 is 1.80 bits per heavy atom. The molecule has 388 valence electrons. The number of amides is 2. The third-order valence-electron chi connectivity index (χ3n) is 14.3.